The highest BCUT2D eigenvalue weighted by Crippen LogP contribution is 2.08. The maximum absolute atomic E-state index is 11.3. The largest absolute Gasteiger partial charge is 0.347 e. The number of aromatic amines is 1. The predicted molar refractivity (Wildman–Crippen MR) is 49.9 cm³/mol. The lowest BCUT2D eigenvalue weighted by Gasteiger charge is -2.03. The Bertz CT molecular complexity index is 495. The summed E-state index contributed by atoms with van der Waals surface area (Å²) in [4.78, 5) is 11.3. The Balaban J connectivity index is 2.91. The summed E-state index contributed by atoms with van der Waals surface area (Å²) in [7, 11) is 0. The molecule has 2 aromatic heterocycles. The van der Waals surface area contributed by atoms with Crippen molar-refractivity contribution in [3.8, 4) is 0 Å². The van der Waals surface area contributed by atoms with E-state index in [4.69, 9.17) is 0 Å². The van der Waals surface area contributed by atoms with Gasteiger partial charge in [0.25, 0.3) is 0 Å². The molecule has 13 heavy (non-hydrogen) atoms. The molecule has 0 atom stereocenters. The summed E-state index contributed by atoms with van der Waals surface area (Å²) in [6, 6.07) is 3.86. The molecule has 0 aromatic carbocycles. The van der Waals surface area contributed by atoms with Crippen LogP contribution in [0.4, 0.5) is 0 Å². The van der Waals surface area contributed by atoms with Crippen molar-refractivity contribution in [2.75, 3.05) is 0 Å². The number of fused-ring (bicyclic) bond motifs is 1. The van der Waals surface area contributed by atoms with Crippen molar-refractivity contribution in [2.45, 2.75) is 20.3 Å². The number of rotatable bonds is 1. The molecule has 2 rings (SSSR count). The number of nitrogens with zero attached hydrogens (tertiary/aromatic N) is 2. The molecular formula is C9H11N3O. The van der Waals surface area contributed by atoms with Gasteiger partial charge in [0, 0.05) is 5.69 Å². The highest BCUT2D eigenvalue weighted by atomic mass is 16.1. The minimum absolute atomic E-state index is 0.164. The summed E-state index contributed by atoms with van der Waals surface area (Å²) < 4.78 is 1.60. The van der Waals surface area contributed by atoms with Crippen LogP contribution in [0, 0.1) is 6.92 Å². The number of H-pyrrole nitrogens is 1. The molecule has 0 bridgehead atoms. The second-order valence-electron chi connectivity index (χ2n) is 3.02. The van der Waals surface area contributed by atoms with E-state index in [2.05, 4.69) is 17.1 Å². The quantitative estimate of drug-likeness (QED) is 0.703. The normalized spacial score (nSPS) is 10.9. The molecule has 4 heteroatoms. The molecule has 0 fully saturated rings. The van der Waals surface area contributed by atoms with Crippen molar-refractivity contribution in [1.82, 2.24) is 14.6 Å². The van der Waals surface area contributed by atoms with Gasteiger partial charge in [-0.15, -0.1) is 0 Å². The third kappa shape index (κ3) is 1.06. The van der Waals surface area contributed by atoms with Crippen molar-refractivity contribution in [3.63, 3.8) is 0 Å². The first-order valence-electron chi connectivity index (χ1n) is 4.29. The zero-order chi connectivity index (χ0) is 9.42. The van der Waals surface area contributed by atoms with E-state index < -0.39 is 0 Å². The van der Waals surface area contributed by atoms with E-state index in [1.807, 2.05) is 19.1 Å². The van der Waals surface area contributed by atoms with E-state index in [0.29, 0.717) is 5.65 Å². The number of aromatic nitrogens is 3. The fourth-order valence-electron chi connectivity index (χ4n) is 1.56. The van der Waals surface area contributed by atoms with Crippen LogP contribution in [-0.4, -0.2) is 14.6 Å². The van der Waals surface area contributed by atoms with Gasteiger partial charge in [-0.1, -0.05) is 13.0 Å². The van der Waals surface area contributed by atoms with Gasteiger partial charge in [-0.25, -0.2) is 14.3 Å². The van der Waals surface area contributed by atoms with Crippen molar-refractivity contribution in [3.05, 3.63) is 33.9 Å². The van der Waals surface area contributed by atoms with Crippen molar-refractivity contribution in [2.24, 2.45) is 0 Å². The second-order valence-corrected chi connectivity index (χ2v) is 3.02. The van der Waals surface area contributed by atoms with Gasteiger partial charge in [0.05, 0.1) is 0 Å². The molecule has 0 unspecified atom stereocenters. The van der Waals surface area contributed by atoms with Crippen molar-refractivity contribution < 1.29 is 0 Å². The molecule has 1 N–H and O–H groups in total. The number of nitrogens with one attached hydrogen (secondary N) is 1. The molecule has 68 valence electrons. The van der Waals surface area contributed by atoms with Crippen LogP contribution in [0.2, 0.25) is 0 Å². The number of aryl methyl sites for hydroxylation is 2. The molecular weight excluding hydrogens is 166 g/mol. The van der Waals surface area contributed by atoms with Crippen LogP contribution in [0.5, 0.6) is 0 Å². The SMILES string of the molecule is CCc1ccc2n[nH]c(=O)n2c1C. The van der Waals surface area contributed by atoms with E-state index in [1.165, 1.54) is 5.56 Å². The lowest BCUT2D eigenvalue weighted by atomic mass is 10.1. The summed E-state index contributed by atoms with van der Waals surface area (Å²) in [6.45, 7) is 4.00. The molecule has 0 spiro atoms. The Hall–Kier alpha value is -1.58. The summed E-state index contributed by atoms with van der Waals surface area (Å²) in [5.41, 5.74) is 2.66. The highest BCUT2D eigenvalue weighted by molar-refractivity contribution is 5.41. The molecule has 0 amide bonds. The summed E-state index contributed by atoms with van der Waals surface area (Å²) >= 11 is 0. The maximum atomic E-state index is 11.3. The van der Waals surface area contributed by atoms with Crippen molar-refractivity contribution in [1.29, 1.82) is 0 Å². The number of hydrogen-bond donors (Lipinski definition) is 1. The molecule has 0 saturated carbocycles. The fraction of sp³-hybridized carbons (Fsp3) is 0.333. The molecule has 0 aliphatic rings. The van der Waals surface area contributed by atoms with Crippen LogP contribution in [0.3, 0.4) is 0 Å². The van der Waals surface area contributed by atoms with Crippen LogP contribution in [0.15, 0.2) is 16.9 Å². The smallest absolute Gasteiger partial charge is 0.247 e. The third-order valence-electron chi connectivity index (χ3n) is 2.31. The average Bonchev–Trinajstić information content (AvgIpc) is 2.49. The molecule has 4 nitrogen and oxygen atoms in total. The third-order valence-corrected chi connectivity index (χ3v) is 2.31. The standard InChI is InChI=1S/C9H11N3O/c1-3-7-4-5-8-10-11-9(13)12(8)6(7)2/h4-5H,3H2,1-2H3,(H,11,13). The van der Waals surface area contributed by atoms with Crippen LogP contribution in [0.25, 0.3) is 5.65 Å². The van der Waals surface area contributed by atoms with Gasteiger partial charge in [0.2, 0.25) is 0 Å². The van der Waals surface area contributed by atoms with Crippen LogP contribution < -0.4 is 5.69 Å². The van der Waals surface area contributed by atoms with Crippen LogP contribution in [0.1, 0.15) is 18.2 Å². The van der Waals surface area contributed by atoms with Gasteiger partial charge in [-0.05, 0) is 25.0 Å². The minimum Gasteiger partial charge on any atom is -0.247 e. The van der Waals surface area contributed by atoms with Gasteiger partial charge in [-0.3, -0.25) is 0 Å². The Labute approximate surface area is 75.2 Å². The maximum Gasteiger partial charge on any atom is 0.347 e. The fourth-order valence-corrected chi connectivity index (χ4v) is 1.56. The predicted octanol–water partition coefficient (Wildman–Crippen LogP) is 0.893. The van der Waals surface area contributed by atoms with Gasteiger partial charge in [0.1, 0.15) is 0 Å². The second kappa shape index (κ2) is 2.73. The first kappa shape index (κ1) is 8.04. The first-order chi connectivity index (χ1) is 6.24. The summed E-state index contributed by atoms with van der Waals surface area (Å²) in [5.74, 6) is 0. The average molecular weight is 177 g/mol. The first-order valence-corrected chi connectivity index (χ1v) is 4.29. The lowest BCUT2D eigenvalue weighted by molar-refractivity contribution is 0.955. The topological polar surface area (TPSA) is 50.2 Å². The summed E-state index contributed by atoms with van der Waals surface area (Å²) in [5, 5.41) is 6.31. The molecule has 0 aliphatic carbocycles. The molecule has 0 radical (unpaired) electrons. The Morgan fingerprint density at radius 3 is 3.00 bits per heavy atom. The van der Waals surface area contributed by atoms with Gasteiger partial charge in [0.15, 0.2) is 5.65 Å². The zero-order valence-electron chi connectivity index (χ0n) is 7.66. The van der Waals surface area contributed by atoms with E-state index in [-0.39, 0.29) is 5.69 Å². The Morgan fingerprint density at radius 2 is 2.31 bits per heavy atom. The van der Waals surface area contributed by atoms with E-state index in [0.717, 1.165) is 12.1 Å². The van der Waals surface area contributed by atoms with Crippen LogP contribution >= 0.6 is 0 Å². The number of pyridine rings is 1. The number of hydrogen-bond acceptors (Lipinski definition) is 2. The van der Waals surface area contributed by atoms with E-state index in [9.17, 15) is 4.79 Å². The van der Waals surface area contributed by atoms with Gasteiger partial charge >= 0.3 is 5.69 Å². The summed E-state index contributed by atoms with van der Waals surface area (Å²) in [6.07, 6.45) is 0.930. The molecule has 0 saturated heterocycles. The van der Waals surface area contributed by atoms with E-state index in [1.54, 1.807) is 4.40 Å². The van der Waals surface area contributed by atoms with Crippen molar-refractivity contribution >= 4 is 5.65 Å². The molecule has 2 aromatic rings. The van der Waals surface area contributed by atoms with Gasteiger partial charge in [-0.2, -0.15) is 5.10 Å². The highest BCUT2D eigenvalue weighted by Gasteiger charge is 2.04. The zero-order valence-corrected chi connectivity index (χ0v) is 7.66. The lowest BCUT2D eigenvalue weighted by Crippen LogP contribution is -2.13. The Morgan fingerprint density at radius 1 is 1.54 bits per heavy atom. The monoisotopic (exact) mass is 177 g/mol. The van der Waals surface area contributed by atoms with Crippen LogP contribution in [-0.2, 0) is 6.42 Å². The molecule has 2 heterocycles. The molecule has 0 aliphatic heterocycles. The minimum atomic E-state index is -0.164. The Kier molecular flexibility index (Phi) is 1.69. The van der Waals surface area contributed by atoms with Gasteiger partial charge < -0.3 is 0 Å². The van der Waals surface area contributed by atoms with E-state index >= 15 is 0 Å².